The van der Waals surface area contributed by atoms with Crippen LogP contribution in [0.4, 0.5) is 0 Å². The third-order valence-electron chi connectivity index (χ3n) is 3.62. The SMILES string of the molecule is COc1cc(CN2CCCCCC2=O)ccc1CN. The van der Waals surface area contributed by atoms with E-state index in [9.17, 15) is 4.79 Å². The monoisotopic (exact) mass is 262 g/mol. The summed E-state index contributed by atoms with van der Waals surface area (Å²) in [4.78, 5) is 13.9. The minimum Gasteiger partial charge on any atom is -0.496 e. The molecule has 1 aliphatic rings. The number of nitrogens with two attached hydrogens (primary N) is 1. The van der Waals surface area contributed by atoms with Gasteiger partial charge in [-0.15, -0.1) is 0 Å². The topological polar surface area (TPSA) is 55.6 Å². The molecule has 4 heteroatoms. The molecule has 4 nitrogen and oxygen atoms in total. The molecule has 0 saturated carbocycles. The van der Waals surface area contributed by atoms with Crippen molar-refractivity contribution in [3.05, 3.63) is 29.3 Å². The molecule has 0 unspecified atom stereocenters. The lowest BCUT2D eigenvalue weighted by atomic mass is 10.1. The highest BCUT2D eigenvalue weighted by Gasteiger charge is 2.17. The second kappa shape index (κ2) is 6.57. The Kier molecular flexibility index (Phi) is 4.80. The van der Waals surface area contributed by atoms with E-state index in [1.165, 1.54) is 0 Å². The molecular formula is C15H22N2O2. The fourth-order valence-electron chi connectivity index (χ4n) is 2.48. The summed E-state index contributed by atoms with van der Waals surface area (Å²) in [6.07, 6.45) is 3.95. The van der Waals surface area contributed by atoms with Crippen LogP contribution in [-0.4, -0.2) is 24.5 Å². The summed E-state index contributed by atoms with van der Waals surface area (Å²) < 4.78 is 5.33. The molecule has 2 rings (SSSR count). The van der Waals surface area contributed by atoms with Gasteiger partial charge in [-0.25, -0.2) is 0 Å². The molecule has 0 aromatic heterocycles. The van der Waals surface area contributed by atoms with E-state index >= 15 is 0 Å². The first-order valence-electron chi connectivity index (χ1n) is 6.88. The number of rotatable bonds is 4. The molecule has 1 aromatic carbocycles. The van der Waals surface area contributed by atoms with E-state index in [-0.39, 0.29) is 5.91 Å². The quantitative estimate of drug-likeness (QED) is 0.903. The van der Waals surface area contributed by atoms with Gasteiger partial charge in [0, 0.05) is 31.6 Å². The molecule has 0 radical (unpaired) electrons. The minimum atomic E-state index is 0.263. The fourth-order valence-corrected chi connectivity index (χ4v) is 2.48. The average Bonchev–Trinajstić information content (AvgIpc) is 2.64. The molecule has 0 bridgehead atoms. The van der Waals surface area contributed by atoms with Crippen LogP contribution in [0.25, 0.3) is 0 Å². The maximum atomic E-state index is 12.0. The molecule has 0 aliphatic carbocycles. The van der Waals surface area contributed by atoms with Crippen LogP contribution in [0.15, 0.2) is 18.2 Å². The van der Waals surface area contributed by atoms with Crippen molar-refractivity contribution in [2.75, 3.05) is 13.7 Å². The number of benzene rings is 1. The van der Waals surface area contributed by atoms with E-state index in [1.807, 2.05) is 23.1 Å². The lowest BCUT2D eigenvalue weighted by molar-refractivity contribution is -0.131. The predicted octanol–water partition coefficient (Wildman–Crippen LogP) is 2.06. The Labute approximate surface area is 114 Å². The predicted molar refractivity (Wildman–Crippen MR) is 74.8 cm³/mol. The summed E-state index contributed by atoms with van der Waals surface area (Å²) in [6, 6.07) is 6.00. The molecule has 1 fully saturated rings. The summed E-state index contributed by atoms with van der Waals surface area (Å²) in [5.74, 6) is 1.07. The molecule has 0 atom stereocenters. The van der Waals surface area contributed by atoms with Gasteiger partial charge in [-0.3, -0.25) is 4.79 Å². The second-order valence-electron chi connectivity index (χ2n) is 4.98. The highest BCUT2D eigenvalue weighted by atomic mass is 16.5. The Hall–Kier alpha value is -1.55. The van der Waals surface area contributed by atoms with Crippen LogP contribution < -0.4 is 10.5 Å². The molecule has 0 spiro atoms. The zero-order valence-electron chi connectivity index (χ0n) is 11.5. The van der Waals surface area contributed by atoms with E-state index in [4.69, 9.17) is 10.5 Å². The normalized spacial score (nSPS) is 16.3. The van der Waals surface area contributed by atoms with Crippen molar-refractivity contribution in [2.45, 2.75) is 38.8 Å². The molecule has 1 heterocycles. The van der Waals surface area contributed by atoms with Crippen LogP contribution in [0.1, 0.15) is 36.8 Å². The van der Waals surface area contributed by atoms with Crippen LogP contribution in [0.2, 0.25) is 0 Å². The summed E-state index contributed by atoms with van der Waals surface area (Å²) in [5, 5.41) is 0. The Morgan fingerprint density at radius 1 is 1.32 bits per heavy atom. The van der Waals surface area contributed by atoms with Crippen molar-refractivity contribution in [3.8, 4) is 5.75 Å². The lowest BCUT2D eigenvalue weighted by Crippen LogP contribution is -2.29. The summed E-state index contributed by atoms with van der Waals surface area (Å²) in [5.41, 5.74) is 7.75. The lowest BCUT2D eigenvalue weighted by Gasteiger charge is -2.21. The van der Waals surface area contributed by atoms with Crippen LogP contribution >= 0.6 is 0 Å². The molecule has 1 aliphatic heterocycles. The van der Waals surface area contributed by atoms with Gasteiger partial charge in [0.1, 0.15) is 5.75 Å². The largest absolute Gasteiger partial charge is 0.496 e. The minimum absolute atomic E-state index is 0.263. The van der Waals surface area contributed by atoms with E-state index < -0.39 is 0 Å². The number of ether oxygens (including phenoxy) is 1. The summed E-state index contributed by atoms with van der Waals surface area (Å²) in [7, 11) is 1.65. The van der Waals surface area contributed by atoms with Crippen molar-refractivity contribution in [1.82, 2.24) is 4.90 Å². The highest BCUT2D eigenvalue weighted by Crippen LogP contribution is 2.22. The number of amides is 1. The molecule has 1 amide bonds. The van der Waals surface area contributed by atoms with Crippen LogP contribution in [-0.2, 0) is 17.9 Å². The Morgan fingerprint density at radius 3 is 2.89 bits per heavy atom. The van der Waals surface area contributed by atoms with Crippen molar-refractivity contribution in [3.63, 3.8) is 0 Å². The van der Waals surface area contributed by atoms with Crippen LogP contribution in [0.5, 0.6) is 5.75 Å². The van der Waals surface area contributed by atoms with E-state index in [2.05, 4.69) is 0 Å². The smallest absolute Gasteiger partial charge is 0.222 e. The Morgan fingerprint density at radius 2 is 2.16 bits per heavy atom. The summed E-state index contributed by atoms with van der Waals surface area (Å²) >= 11 is 0. The zero-order chi connectivity index (χ0) is 13.7. The third kappa shape index (κ3) is 3.47. The maximum absolute atomic E-state index is 12.0. The molecule has 1 saturated heterocycles. The molecule has 104 valence electrons. The van der Waals surface area contributed by atoms with E-state index in [0.29, 0.717) is 19.5 Å². The van der Waals surface area contributed by atoms with Crippen molar-refractivity contribution >= 4 is 5.91 Å². The van der Waals surface area contributed by atoms with Gasteiger partial charge in [-0.05, 0) is 24.5 Å². The number of carbonyl (C=O) groups excluding carboxylic acids is 1. The summed E-state index contributed by atoms with van der Waals surface area (Å²) in [6.45, 7) is 1.99. The second-order valence-corrected chi connectivity index (χ2v) is 4.98. The van der Waals surface area contributed by atoms with Gasteiger partial charge >= 0.3 is 0 Å². The first-order valence-corrected chi connectivity index (χ1v) is 6.88. The first-order chi connectivity index (χ1) is 9.24. The third-order valence-corrected chi connectivity index (χ3v) is 3.62. The number of methoxy groups -OCH3 is 1. The first kappa shape index (κ1) is 13.9. The van der Waals surface area contributed by atoms with Gasteiger partial charge in [0.05, 0.1) is 7.11 Å². The van der Waals surface area contributed by atoms with Gasteiger partial charge in [0.25, 0.3) is 0 Å². The molecular weight excluding hydrogens is 240 g/mol. The van der Waals surface area contributed by atoms with Crippen molar-refractivity contribution < 1.29 is 9.53 Å². The van der Waals surface area contributed by atoms with E-state index in [0.717, 1.165) is 42.7 Å². The van der Waals surface area contributed by atoms with Gasteiger partial charge in [0.15, 0.2) is 0 Å². The number of nitrogens with zero attached hydrogens (tertiary/aromatic N) is 1. The molecule has 2 N–H and O–H groups in total. The standard InChI is InChI=1S/C15H22N2O2/c1-19-14-9-12(6-7-13(14)10-16)11-17-8-4-2-3-5-15(17)18/h6-7,9H,2-5,8,10-11,16H2,1H3. The van der Waals surface area contributed by atoms with E-state index in [1.54, 1.807) is 7.11 Å². The average molecular weight is 262 g/mol. The van der Waals surface area contributed by atoms with Crippen molar-refractivity contribution in [2.24, 2.45) is 5.73 Å². The van der Waals surface area contributed by atoms with Gasteiger partial charge in [-0.2, -0.15) is 0 Å². The van der Waals surface area contributed by atoms with Gasteiger partial charge in [-0.1, -0.05) is 18.6 Å². The van der Waals surface area contributed by atoms with Crippen LogP contribution in [0, 0.1) is 0 Å². The number of carbonyl (C=O) groups is 1. The Balaban J connectivity index is 2.11. The molecule has 19 heavy (non-hydrogen) atoms. The van der Waals surface area contributed by atoms with Gasteiger partial charge < -0.3 is 15.4 Å². The molecule has 1 aromatic rings. The number of hydrogen-bond donors (Lipinski definition) is 1. The fraction of sp³-hybridized carbons (Fsp3) is 0.533. The number of hydrogen-bond acceptors (Lipinski definition) is 3. The highest BCUT2D eigenvalue weighted by molar-refractivity contribution is 5.76. The van der Waals surface area contributed by atoms with Gasteiger partial charge in [0.2, 0.25) is 5.91 Å². The Bertz CT molecular complexity index is 446. The zero-order valence-corrected chi connectivity index (χ0v) is 11.5. The maximum Gasteiger partial charge on any atom is 0.222 e. The van der Waals surface area contributed by atoms with Crippen LogP contribution in [0.3, 0.4) is 0 Å². The van der Waals surface area contributed by atoms with Crippen molar-refractivity contribution in [1.29, 1.82) is 0 Å². The number of likely N-dealkylation sites (tertiary alicyclic amines) is 1.